The van der Waals surface area contributed by atoms with Crippen molar-refractivity contribution in [2.24, 2.45) is 5.92 Å². The van der Waals surface area contributed by atoms with E-state index in [9.17, 15) is 9.90 Å². The minimum atomic E-state index is -0.770. The van der Waals surface area contributed by atoms with E-state index in [1.54, 1.807) is 12.3 Å². The topological polar surface area (TPSA) is 66.3 Å². The molecular formula is C12H17N3O2. The molecule has 1 N–H and O–H groups in total. The number of aliphatic carboxylic acids is 1. The summed E-state index contributed by atoms with van der Waals surface area (Å²) >= 11 is 0. The van der Waals surface area contributed by atoms with Crippen LogP contribution < -0.4 is 4.90 Å². The lowest BCUT2D eigenvalue weighted by Gasteiger charge is -2.38. The van der Waals surface area contributed by atoms with Gasteiger partial charge in [0, 0.05) is 12.7 Å². The van der Waals surface area contributed by atoms with Gasteiger partial charge in [0.05, 0.1) is 0 Å². The van der Waals surface area contributed by atoms with Gasteiger partial charge in [-0.1, -0.05) is 6.92 Å². The van der Waals surface area contributed by atoms with Crippen LogP contribution >= 0.6 is 0 Å². The molecule has 1 aromatic rings. The fourth-order valence-corrected chi connectivity index (χ4v) is 2.43. The zero-order valence-corrected chi connectivity index (χ0v) is 10.1. The Bertz CT molecular complexity index is 422. The summed E-state index contributed by atoms with van der Waals surface area (Å²) in [5.74, 6) is 0.770. The van der Waals surface area contributed by atoms with Crippen molar-refractivity contribution in [2.45, 2.75) is 32.7 Å². The molecular weight excluding hydrogens is 218 g/mol. The largest absolute Gasteiger partial charge is 0.480 e. The van der Waals surface area contributed by atoms with Gasteiger partial charge in [0.15, 0.2) is 0 Å². The summed E-state index contributed by atoms with van der Waals surface area (Å²) in [6.45, 7) is 4.55. The fourth-order valence-electron chi connectivity index (χ4n) is 2.43. The zero-order valence-electron chi connectivity index (χ0n) is 10.1. The summed E-state index contributed by atoms with van der Waals surface area (Å²) in [5.41, 5.74) is 0. The van der Waals surface area contributed by atoms with Crippen LogP contribution in [0.1, 0.15) is 25.6 Å². The number of carboxylic acid groups (broad SMARTS) is 1. The minimum Gasteiger partial charge on any atom is -0.480 e. The Kier molecular flexibility index (Phi) is 3.26. The van der Waals surface area contributed by atoms with Crippen LogP contribution in [0.2, 0.25) is 0 Å². The Morgan fingerprint density at radius 3 is 3.00 bits per heavy atom. The first-order chi connectivity index (χ1) is 8.09. The smallest absolute Gasteiger partial charge is 0.326 e. The third-order valence-corrected chi connectivity index (χ3v) is 3.24. The number of hydrogen-bond donors (Lipinski definition) is 1. The van der Waals surface area contributed by atoms with Crippen molar-refractivity contribution in [1.82, 2.24) is 9.97 Å². The molecule has 0 amide bonds. The van der Waals surface area contributed by atoms with Gasteiger partial charge in [-0.2, -0.15) is 0 Å². The number of hydrogen-bond acceptors (Lipinski definition) is 4. The number of rotatable bonds is 2. The summed E-state index contributed by atoms with van der Waals surface area (Å²) < 4.78 is 0. The van der Waals surface area contributed by atoms with E-state index < -0.39 is 12.0 Å². The molecule has 1 aliphatic heterocycles. The number of piperidine rings is 1. The first kappa shape index (κ1) is 11.8. The van der Waals surface area contributed by atoms with E-state index in [-0.39, 0.29) is 5.92 Å². The van der Waals surface area contributed by atoms with Crippen LogP contribution in [0, 0.1) is 12.8 Å². The first-order valence-electron chi connectivity index (χ1n) is 5.88. The van der Waals surface area contributed by atoms with Crippen LogP contribution in [0.5, 0.6) is 0 Å². The van der Waals surface area contributed by atoms with Crippen LogP contribution in [-0.2, 0) is 4.79 Å². The Balaban J connectivity index is 2.31. The lowest BCUT2D eigenvalue weighted by molar-refractivity contribution is -0.140. The molecule has 0 spiro atoms. The van der Waals surface area contributed by atoms with Crippen molar-refractivity contribution < 1.29 is 9.90 Å². The highest BCUT2D eigenvalue weighted by Gasteiger charge is 2.34. The van der Waals surface area contributed by atoms with Crippen molar-refractivity contribution in [2.75, 3.05) is 11.4 Å². The molecule has 0 saturated carbocycles. The number of carboxylic acids is 1. The van der Waals surface area contributed by atoms with Gasteiger partial charge in [0.2, 0.25) is 0 Å². The SMILES string of the molecule is Cc1nccc(N2CCCC(C)C2C(=O)O)n1. The van der Waals surface area contributed by atoms with Gasteiger partial charge < -0.3 is 10.0 Å². The molecule has 1 aliphatic rings. The van der Waals surface area contributed by atoms with Gasteiger partial charge in [-0.15, -0.1) is 0 Å². The number of aryl methyl sites for hydroxylation is 1. The molecule has 2 rings (SSSR count). The standard InChI is InChI=1S/C12H17N3O2/c1-8-4-3-7-15(11(8)12(16)17)10-5-6-13-9(2)14-10/h5-6,8,11H,3-4,7H2,1-2H3,(H,16,17). The molecule has 0 aliphatic carbocycles. The molecule has 2 atom stereocenters. The maximum Gasteiger partial charge on any atom is 0.326 e. The molecule has 1 aromatic heterocycles. The zero-order chi connectivity index (χ0) is 12.4. The maximum absolute atomic E-state index is 11.3. The first-order valence-corrected chi connectivity index (χ1v) is 5.88. The van der Waals surface area contributed by atoms with Gasteiger partial charge in [0.25, 0.3) is 0 Å². The Morgan fingerprint density at radius 2 is 2.35 bits per heavy atom. The summed E-state index contributed by atoms with van der Waals surface area (Å²) in [5, 5.41) is 9.32. The van der Waals surface area contributed by atoms with E-state index >= 15 is 0 Å². The molecule has 5 nitrogen and oxygen atoms in total. The molecule has 17 heavy (non-hydrogen) atoms. The van der Waals surface area contributed by atoms with E-state index in [4.69, 9.17) is 0 Å². The molecule has 2 heterocycles. The highest BCUT2D eigenvalue weighted by Crippen LogP contribution is 2.27. The predicted molar refractivity (Wildman–Crippen MR) is 63.9 cm³/mol. The maximum atomic E-state index is 11.3. The molecule has 1 fully saturated rings. The third kappa shape index (κ3) is 2.38. The van der Waals surface area contributed by atoms with Gasteiger partial charge >= 0.3 is 5.97 Å². The number of carbonyl (C=O) groups is 1. The molecule has 0 radical (unpaired) electrons. The van der Waals surface area contributed by atoms with Gasteiger partial charge in [-0.25, -0.2) is 14.8 Å². The second kappa shape index (κ2) is 4.69. The minimum absolute atomic E-state index is 0.150. The molecule has 92 valence electrons. The quantitative estimate of drug-likeness (QED) is 0.841. The number of anilines is 1. The van der Waals surface area contributed by atoms with Crippen LogP contribution in [-0.4, -0.2) is 33.6 Å². The normalized spacial score (nSPS) is 24.7. The molecule has 1 saturated heterocycles. The highest BCUT2D eigenvalue weighted by atomic mass is 16.4. The van der Waals surface area contributed by atoms with Crippen LogP contribution in [0.4, 0.5) is 5.82 Å². The lowest BCUT2D eigenvalue weighted by atomic mass is 9.91. The van der Waals surface area contributed by atoms with E-state index in [1.807, 2.05) is 18.7 Å². The van der Waals surface area contributed by atoms with Crippen molar-refractivity contribution in [1.29, 1.82) is 0 Å². The summed E-state index contributed by atoms with van der Waals surface area (Å²) in [4.78, 5) is 21.6. The molecule has 5 heteroatoms. The third-order valence-electron chi connectivity index (χ3n) is 3.24. The molecule has 0 aromatic carbocycles. The summed E-state index contributed by atoms with van der Waals surface area (Å²) in [7, 11) is 0. The monoisotopic (exact) mass is 235 g/mol. The van der Waals surface area contributed by atoms with Crippen molar-refractivity contribution >= 4 is 11.8 Å². The summed E-state index contributed by atoms with van der Waals surface area (Å²) in [6, 6.07) is 1.30. The van der Waals surface area contributed by atoms with E-state index in [2.05, 4.69) is 9.97 Å². The summed E-state index contributed by atoms with van der Waals surface area (Å²) in [6.07, 6.45) is 3.64. The predicted octanol–water partition coefficient (Wildman–Crippen LogP) is 1.47. The van der Waals surface area contributed by atoms with Crippen LogP contribution in [0.25, 0.3) is 0 Å². The highest BCUT2D eigenvalue weighted by molar-refractivity contribution is 5.78. The number of aromatic nitrogens is 2. The van der Waals surface area contributed by atoms with Gasteiger partial charge in [-0.05, 0) is 31.7 Å². The second-order valence-corrected chi connectivity index (χ2v) is 4.56. The van der Waals surface area contributed by atoms with Gasteiger partial charge in [-0.3, -0.25) is 0 Å². The van der Waals surface area contributed by atoms with Crippen LogP contribution in [0.15, 0.2) is 12.3 Å². The Morgan fingerprint density at radius 1 is 1.59 bits per heavy atom. The molecule has 2 unspecified atom stereocenters. The fraction of sp³-hybridized carbons (Fsp3) is 0.583. The van der Waals surface area contributed by atoms with Crippen molar-refractivity contribution in [3.8, 4) is 0 Å². The van der Waals surface area contributed by atoms with E-state index in [0.29, 0.717) is 5.82 Å². The van der Waals surface area contributed by atoms with Gasteiger partial charge in [0.1, 0.15) is 17.7 Å². The molecule has 0 bridgehead atoms. The number of nitrogens with zero attached hydrogens (tertiary/aromatic N) is 3. The van der Waals surface area contributed by atoms with E-state index in [0.717, 1.165) is 25.2 Å². The average Bonchev–Trinajstić information content (AvgIpc) is 2.28. The second-order valence-electron chi connectivity index (χ2n) is 4.56. The Labute approximate surface area is 100 Å². The van der Waals surface area contributed by atoms with Crippen molar-refractivity contribution in [3.63, 3.8) is 0 Å². The Hall–Kier alpha value is -1.65. The van der Waals surface area contributed by atoms with E-state index in [1.165, 1.54) is 0 Å². The lowest BCUT2D eigenvalue weighted by Crippen LogP contribution is -2.49. The average molecular weight is 235 g/mol. The van der Waals surface area contributed by atoms with Crippen LogP contribution in [0.3, 0.4) is 0 Å². The van der Waals surface area contributed by atoms with Crippen molar-refractivity contribution in [3.05, 3.63) is 18.1 Å².